The van der Waals surface area contributed by atoms with Crippen molar-refractivity contribution < 1.29 is 39.7 Å². The standard InChI is InChI=1S/C29H36O8/c1-35-23-10-4-20(5-11-23)16-26(31)27(32)29(34,18-22-8-14-25(37-3)15-9-22)28(33,19-30)17-21-6-12-24(36-2)13-7-21/h4-15,26-27,30-34H,16-19H2,1-3H3/t26?,27-,28+,29+/m0/s1. The minimum absolute atomic E-state index is 0.000127. The molecule has 0 aromatic heterocycles. The van der Waals surface area contributed by atoms with Crippen molar-refractivity contribution in [3.8, 4) is 17.2 Å². The summed E-state index contributed by atoms with van der Waals surface area (Å²) in [7, 11) is 4.61. The van der Waals surface area contributed by atoms with Crippen LogP contribution in [0.4, 0.5) is 0 Å². The second-order valence-corrected chi connectivity index (χ2v) is 9.23. The average Bonchev–Trinajstić information content (AvgIpc) is 2.93. The van der Waals surface area contributed by atoms with Crippen LogP contribution in [-0.4, -0.2) is 76.9 Å². The largest absolute Gasteiger partial charge is 0.497 e. The van der Waals surface area contributed by atoms with E-state index in [4.69, 9.17) is 14.2 Å². The number of aliphatic hydroxyl groups is 5. The Morgan fingerprint density at radius 1 is 0.622 bits per heavy atom. The molecule has 0 bridgehead atoms. The molecule has 37 heavy (non-hydrogen) atoms. The van der Waals surface area contributed by atoms with Crippen molar-refractivity contribution >= 4 is 0 Å². The summed E-state index contributed by atoms with van der Waals surface area (Å²) in [5.41, 5.74) is -2.67. The Morgan fingerprint density at radius 2 is 1.00 bits per heavy atom. The van der Waals surface area contributed by atoms with Gasteiger partial charge >= 0.3 is 0 Å². The molecule has 4 atom stereocenters. The van der Waals surface area contributed by atoms with Gasteiger partial charge in [-0.25, -0.2) is 0 Å². The Morgan fingerprint density at radius 3 is 1.38 bits per heavy atom. The van der Waals surface area contributed by atoms with Crippen LogP contribution < -0.4 is 14.2 Å². The molecule has 0 aliphatic carbocycles. The number of ether oxygens (including phenoxy) is 3. The molecule has 8 heteroatoms. The van der Waals surface area contributed by atoms with E-state index in [1.165, 1.54) is 14.2 Å². The van der Waals surface area contributed by atoms with E-state index in [-0.39, 0.29) is 19.3 Å². The lowest BCUT2D eigenvalue weighted by Crippen LogP contribution is -2.68. The number of aliphatic hydroxyl groups excluding tert-OH is 3. The van der Waals surface area contributed by atoms with E-state index in [0.29, 0.717) is 33.9 Å². The molecule has 0 heterocycles. The monoisotopic (exact) mass is 512 g/mol. The van der Waals surface area contributed by atoms with Gasteiger partial charge in [-0.05, 0) is 53.1 Å². The minimum atomic E-state index is -2.33. The van der Waals surface area contributed by atoms with E-state index < -0.39 is 30.0 Å². The van der Waals surface area contributed by atoms with Gasteiger partial charge in [-0.1, -0.05) is 36.4 Å². The van der Waals surface area contributed by atoms with Crippen LogP contribution in [-0.2, 0) is 19.3 Å². The summed E-state index contributed by atoms with van der Waals surface area (Å²) in [6.07, 6.45) is -3.70. The van der Waals surface area contributed by atoms with Gasteiger partial charge in [0.05, 0.1) is 34.0 Å². The van der Waals surface area contributed by atoms with Gasteiger partial charge in [0.15, 0.2) is 0 Å². The van der Waals surface area contributed by atoms with Gasteiger partial charge in [-0.15, -0.1) is 0 Å². The van der Waals surface area contributed by atoms with E-state index in [9.17, 15) is 25.5 Å². The Kier molecular flexibility index (Phi) is 9.53. The maximum atomic E-state index is 12.0. The highest BCUT2D eigenvalue weighted by Crippen LogP contribution is 2.36. The van der Waals surface area contributed by atoms with Crippen LogP contribution in [0.5, 0.6) is 17.2 Å². The third kappa shape index (κ3) is 6.60. The third-order valence-electron chi connectivity index (χ3n) is 6.81. The minimum Gasteiger partial charge on any atom is -0.497 e. The predicted molar refractivity (Wildman–Crippen MR) is 139 cm³/mol. The molecule has 1 unspecified atom stereocenters. The zero-order chi connectivity index (χ0) is 27.1. The van der Waals surface area contributed by atoms with Crippen molar-refractivity contribution in [2.24, 2.45) is 0 Å². The summed E-state index contributed by atoms with van der Waals surface area (Å²) < 4.78 is 15.5. The summed E-state index contributed by atoms with van der Waals surface area (Å²) in [5.74, 6) is 1.85. The van der Waals surface area contributed by atoms with Crippen LogP contribution in [0, 0.1) is 0 Å². The van der Waals surface area contributed by atoms with Crippen LogP contribution in [0.2, 0.25) is 0 Å². The van der Waals surface area contributed by atoms with Gasteiger partial charge in [0.1, 0.15) is 34.6 Å². The highest BCUT2D eigenvalue weighted by Gasteiger charge is 2.55. The molecular weight excluding hydrogens is 476 g/mol. The first-order chi connectivity index (χ1) is 17.7. The molecule has 3 aromatic carbocycles. The van der Waals surface area contributed by atoms with Crippen molar-refractivity contribution in [2.75, 3.05) is 27.9 Å². The van der Waals surface area contributed by atoms with Crippen molar-refractivity contribution in [2.45, 2.75) is 42.7 Å². The molecule has 0 saturated heterocycles. The first kappa shape index (κ1) is 28.4. The van der Waals surface area contributed by atoms with Crippen LogP contribution in [0.1, 0.15) is 16.7 Å². The van der Waals surface area contributed by atoms with Crippen LogP contribution >= 0.6 is 0 Å². The van der Waals surface area contributed by atoms with Gasteiger partial charge < -0.3 is 39.7 Å². The van der Waals surface area contributed by atoms with Crippen molar-refractivity contribution in [3.63, 3.8) is 0 Å². The molecule has 0 spiro atoms. The molecule has 200 valence electrons. The smallest absolute Gasteiger partial charge is 0.128 e. The zero-order valence-corrected chi connectivity index (χ0v) is 21.4. The highest BCUT2D eigenvalue weighted by atomic mass is 16.5. The summed E-state index contributed by atoms with van der Waals surface area (Å²) in [6.45, 7) is -0.863. The van der Waals surface area contributed by atoms with E-state index >= 15 is 0 Å². The fraction of sp³-hybridized carbons (Fsp3) is 0.379. The average molecular weight is 513 g/mol. The van der Waals surface area contributed by atoms with E-state index in [1.807, 2.05) is 0 Å². The molecule has 3 aromatic rings. The molecule has 8 nitrogen and oxygen atoms in total. The second-order valence-electron chi connectivity index (χ2n) is 9.23. The highest BCUT2D eigenvalue weighted by molar-refractivity contribution is 5.32. The second kappa shape index (κ2) is 12.4. The molecule has 0 radical (unpaired) electrons. The van der Waals surface area contributed by atoms with Crippen LogP contribution in [0.25, 0.3) is 0 Å². The number of hydrogen-bond donors (Lipinski definition) is 5. The van der Waals surface area contributed by atoms with E-state index in [0.717, 1.165) is 0 Å². The predicted octanol–water partition coefficient (Wildman–Crippen LogP) is 1.92. The summed E-state index contributed by atoms with van der Waals surface area (Å²) in [4.78, 5) is 0. The van der Waals surface area contributed by atoms with Gasteiger partial charge in [-0.3, -0.25) is 0 Å². The Bertz CT molecular complexity index is 1100. The normalized spacial score (nSPS) is 16.2. The topological polar surface area (TPSA) is 129 Å². The fourth-order valence-corrected chi connectivity index (χ4v) is 4.46. The number of methoxy groups -OCH3 is 3. The van der Waals surface area contributed by atoms with Gasteiger partial charge in [0, 0.05) is 19.3 Å². The summed E-state index contributed by atoms with van der Waals surface area (Å²) >= 11 is 0. The Labute approximate surface area is 217 Å². The maximum Gasteiger partial charge on any atom is 0.128 e. The number of benzene rings is 3. The SMILES string of the molecule is COc1ccc(CC(O)[C@H](O)[C@](O)(Cc2ccc(OC)cc2)[C@](O)(CO)Cc2ccc(OC)cc2)cc1. The Hall–Kier alpha value is -3.14. The molecule has 3 rings (SSSR count). The molecule has 0 saturated carbocycles. The number of hydrogen-bond acceptors (Lipinski definition) is 8. The van der Waals surface area contributed by atoms with Gasteiger partial charge in [0.2, 0.25) is 0 Å². The lowest BCUT2D eigenvalue weighted by molar-refractivity contribution is -0.234. The van der Waals surface area contributed by atoms with Crippen LogP contribution in [0.3, 0.4) is 0 Å². The van der Waals surface area contributed by atoms with Crippen molar-refractivity contribution in [1.82, 2.24) is 0 Å². The van der Waals surface area contributed by atoms with E-state index in [1.54, 1.807) is 79.9 Å². The fourth-order valence-electron chi connectivity index (χ4n) is 4.46. The first-order valence-electron chi connectivity index (χ1n) is 12.0. The third-order valence-corrected chi connectivity index (χ3v) is 6.81. The molecular formula is C29H36O8. The van der Waals surface area contributed by atoms with Crippen LogP contribution in [0.15, 0.2) is 72.8 Å². The van der Waals surface area contributed by atoms with E-state index in [2.05, 4.69) is 0 Å². The lowest BCUT2D eigenvalue weighted by Gasteiger charge is -2.47. The quantitative estimate of drug-likeness (QED) is 0.235. The summed E-state index contributed by atoms with van der Waals surface area (Å²) in [6, 6.07) is 20.5. The molecule has 0 amide bonds. The van der Waals surface area contributed by atoms with Crippen molar-refractivity contribution in [1.29, 1.82) is 0 Å². The van der Waals surface area contributed by atoms with Gasteiger partial charge in [0.25, 0.3) is 0 Å². The van der Waals surface area contributed by atoms with Crippen molar-refractivity contribution in [3.05, 3.63) is 89.5 Å². The zero-order valence-electron chi connectivity index (χ0n) is 21.4. The Balaban J connectivity index is 1.96. The molecule has 5 N–H and O–H groups in total. The molecule has 0 aliphatic rings. The lowest BCUT2D eigenvalue weighted by atomic mass is 9.70. The summed E-state index contributed by atoms with van der Waals surface area (Å²) in [5, 5.41) is 56.4. The number of rotatable bonds is 13. The first-order valence-corrected chi connectivity index (χ1v) is 12.0. The molecule has 0 fully saturated rings. The van der Waals surface area contributed by atoms with Gasteiger partial charge in [-0.2, -0.15) is 0 Å². The molecule has 0 aliphatic heterocycles. The maximum absolute atomic E-state index is 12.0.